The molecule has 1 rings (SSSR count). The molecule has 0 aromatic heterocycles. The third kappa shape index (κ3) is 2.39. The summed E-state index contributed by atoms with van der Waals surface area (Å²) in [5, 5.41) is 0.852. The Labute approximate surface area is 72.5 Å². The lowest BCUT2D eigenvalue weighted by Gasteiger charge is -1.97. The molecule has 0 bridgehead atoms. The van der Waals surface area contributed by atoms with E-state index in [1.54, 1.807) is 0 Å². The molecule has 0 aliphatic rings. The van der Waals surface area contributed by atoms with Gasteiger partial charge < -0.3 is 0 Å². The lowest BCUT2D eigenvalue weighted by molar-refractivity contribution is 1.26. The number of rotatable bonds is 2. The zero-order valence-corrected chi connectivity index (χ0v) is 7.31. The largest absolute Gasteiger partial charge is 0.0913 e. The summed E-state index contributed by atoms with van der Waals surface area (Å²) in [5.74, 6) is 0. The molecule has 0 aliphatic carbocycles. The minimum atomic E-state index is 0.852. The predicted octanol–water partition coefficient (Wildman–Crippen LogP) is 3.46. The third-order valence-corrected chi connectivity index (χ3v) is 1.90. The van der Waals surface area contributed by atoms with Crippen LogP contribution in [0.25, 0.3) is 0 Å². The fraction of sp³-hybridized carbons (Fsp3) is 0.200. The first kappa shape index (κ1) is 8.35. The van der Waals surface area contributed by atoms with Crippen molar-refractivity contribution in [1.82, 2.24) is 0 Å². The van der Waals surface area contributed by atoms with Gasteiger partial charge in [-0.1, -0.05) is 42.0 Å². The molecule has 0 nitrogen and oxygen atoms in total. The highest BCUT2D eigenvalue weighted by atomic mass is 35.5. The minimum Gasteiger partial charge on any atom is -0.0913 e. The van der Waals surface area contributed by atoms with E-state index in [0.29, 0.717) is 0 Å². The molecular weight excluding hydrogens is 156 g/mol. The van der Waals surface area contributed by atoms with Gasteiger partial charge in [-0.2, -0.15) is 0 Å². The van der Waals surface area contributed by atoms with Crippen molar-refractivity contribution < 1.29 is 0 Å². The number of benzene rings is 1. The first-order valence-corrected chi connectivity index (χ1v) is 4.07. The van der Waals surface area contributed by atoms with Crippen LogP contribution in [-0.4, -0.2) is 0 Å². The molecule has 0 fully saturated rings. The quantitative estimate of drug-likeness (QED) is 0.591. The Balaban J connectivity index is 2.77. The van der Waals surface area contributed by atoms with Crippen molar-refractivity contribution in [2.24, 2.45) is 0 Å². The first-order valence-electron chi connectivity index (χ1n) is 3.69. The Morgan fingerprint density at radius 1 is 1.36 bits per heavy atom. The van der Waals surface area contributed by atoms with Gasteiger partial charge in [0.05, 0.1) is 0 Å². The van der Waals surface area contributed by atoms with Gasteiger partial charge in [0, 0.05) is 5.02 Å². The fourth-order valence-corrected chi connectivity index (χ4v) is 1.12. The van der Waals surface area contributed by atoms with E-state index in [2.05, 4.69) is 6.08 Å². The van der Waals surface area contributed by atoms with Crippen LogP contribution in [0.5, 0.6) is 0 Å². The van der Waals surface area contributed by atoms with Crippen molar-refractivity contribution in [1.29, 1.82) is 0 Å². The second-order valence-corrected chi connectivity index (χ2v) is 2.77. The normalized spacial score (nSPS) is 10.7. The summed E-state index contributed by atoms with van der Waals surface area (Å²) in [5.41, 5.74) is 1.19. The van der Waals surface area contributed by atoms with E-state index in [9.17, 15) is 0 Å². The van der Waals surface area contributed by atoms with Crippen LogP contribution in [0.4, 0.5) is 0 Å². The highest BCUT2D eigenvalue weighted by Gasteiger charge is 1.93. The first-order chi connectivity index (χ1) is 5.34. The van der Waals surface area contributed by atoms with E-state index in [-0.39, 0.29) is 0 Å². The molecule has 11 heavy (non-hydrogen) atoms. The number of allylic oxidation sites excluding steroid dienone is 2. The molecule has 1 aromatic rings. The topological polar surface area (TPSA) is 0 Å². The Morgan fingerprint density at radius 2 is 2.09 bits per heavy atom. The molecule has 58 valence electrons. The summed E-state index contributed by atoms with van der Waals surface area (Å²) < 4.78 is 0. The van der Waals surface area contributed by atoms with Crippen LogP contribution in [-0.2, 0) is 6.42 Å². The van der Waals surface area contributed by atoms with Crippen molar-refractivity contribution in [3.8, 4) is 0 Å². The number of halogens is 1. The molecule has 0 saturated carbocycles. The van der Waals surface area contributed by atoms with Crippen LogP contribution in [0.15, 0.2) is 36.4 Å². The number of hydrogen-bond donors (Lipinski definition) is 0. The molecule has 0 heterocycles. The van der Waals surface area contributed by atoms with Gasteiger partial charge in [-0.25, -0.2) is 0 Å². The average Bonchev–Trinajstić information content (AvgIpc) is 2.03. The molecule has 0 aliphatic heterocycles. The smallest absolute Gasteiger partial charge is 0.0441 e. The Kier molecular flexibility index (Phi) is 3.18. The minimum absolute atomic E-state index is 0.852. The van der Waals surface area contributed by atoms with Crippen LogP contribution in [0, 0.1) is 0 Å². The van der Waals surface area contributed by atoms with E-state index in [1.807, 2.05) is 37.3 Å². The van der Waals surface area contributed by atoms with E-state index in [4.69, 9.17) is 11.6 Å². The van der Waals surface area contributed by atoms with Crippen LogP contribution in [0.3, 0.4) is 0 Å². The van der Waals surface area contributed by atoms with Crippen molar-refractivity contribution in [2.75, 3.05) is 0 Å². The van der Waals surface area contributed by atoms with Crippen molar-refractivity contribution >= 4 is 11.6 Å². The van der Waals surface area contributed by atoms with E-state index < -0.39 is 0 Å². The van der Waals surface area contributed by atoms with Crippen LogP contribution in [0.1, 0.15) is 12.5 Å². The zero-order valence-electron chi connectivity index (χ0n) is 6.55. The molecular formula is C10H11Cl. The second kappa shape index (κ2) is 4.20. The summed E-state index contributed by atoms with van der Waals surface area (Å²) in [4.78, 5) is 0. The van der Waals surface area contributed by atoms with Crippen LogP contribution >= 0.6 is 11.6 Å². The van der Waals surface area contributed by atoms with Gasteiger partial charge in [-0.15, -0.1) is 0 Å². The highest BCUT2D eigenvalue weighted by Crippen LogP contribution is 2.15. The molecule has 0 unspecified atom stereocenters. The van der Waals surface area contributed by atoms with Gasteiger partial charge in [0.15, 0.2) is 0 Å². The van der Waals surface area contributed by atoms with Crippen molar-refractivity contribution in [3.05, 3.63) is 47.0 Å². The zero-order chi connectivity index (χ0) is 8.10. The summed E-state index contributed by atoms with van der Waals surface area (Å²) in [6.45, 7) is 2.01. The fourth-order valence-electron chi connectivity index (χ4n) is 0.909. The van der Waals surface area contributed by atoms with Gasteiger partial charge in [-0.3, -0.25) is 0 Å². The SMILES string of the molecule is C/C=C/Cc1ccccc1Cl. The second-order valence-electron chi connectivity index (χ2n) is 2.36. The Morgan fingerprint density at radius 3 is 2.73 bits per heavy atom. The molecule has 0 N–H and O–H groups in total. The summed E-state index contributed by atoms with van der Waals surface area (Å²) in [6, 6.07) is 7.91. The lowest BCUT2D eigenvalue weighted by Crippen LogP contribution is -1.80. The standard InChI is InChI=1S/C10H11Cl/c1-2-3-6-9-7-4-5-8-10(9)11/h2-5,7-8H,6H2,1H3/b3-2+. The predicted molar refractivity (Wildman–Crippen MR) is 50.0 cm³/mol. The Hall–Kier alpha value is -0.750. The van der Waals surface area contributed by atoms with Gasteiger partial charge in [0.25, 0.3) is 0 Å². The molecule has 1 aromatic carbocycles. The summed E-state index contributed by atoms with van der Waals surface area (Å²) in [6.07, 6.45) is 5.06. The summed E-state index contributed by atoms with van der Waals surface area (Å²) in [7, 11) is 0. The number of hydrogen-bond acceptors (Lipinski definition) is 0. The lowest BCUT2D eigenvalue weighted by atomic mass is 10.1. The van der Waals surface area contributed by atoms with Gasteiger partial charge in [-0.05, 0) is 25.0 Å². The van der Waals surface area contributed by atoms with E-state index >= 15 is 0 Å². The van der Waals surface area contributed by atoms with Gasteiger partial charge in [0.1, 0.15) is 0 Å². The molecule has 1 heteroatoms. The maximum Gasteiger partial charge on any atom is 0.0441 e. The maximum atomic E-state index is 5.93. The van der Waals surface area contributed by atoms with Gasteiger partial charge >= 0.3 is 0 Å². The summed E-state index contributed by atoms with van der Waals surface area (Å²) >= 11 is 5.93. The van der Waals surface area contributed by atoms with Crippen LogP contribution < -0.4 is 0 Å². The van der Waals surface area contributed by atoms with Gasteiger partial charge in [0.2, 0.25) is 0 Å². The monoisotopic (exact) mass is 166 g/mol. The third-order valence-electron chi connectivity index (χ3n) is 1.53. The van der Waals surface area contributed by atoms with Crippen LogP contribution in [0.2, 0.25) is 5.02 Å². The molecule has 0 saturated heterocycles. The average molecular weight is 167 g/mol. The molecule has 0 atom stereocenters. The van der Waals surface area contributed by atoms with E-state index in [0.717, 1.165) is 11.4 Å². The molecule has 0 amide bonds. The molecule has 0 spiro atoms. The van der Waals surface area contributed by atoms with Crippen molar-refractivity contribution in [3.63, 3.8) is 0 Å². The van der Waals surface area contributed by atoms with Crippen molar-refractivity contribution in [2.45, 2.75) is 13.3 Å². The Bertz CT molecular complexity index is 251. The highest BCUT2D eigenvalue weighted by molar-refractivity contribution is 6.31. The molecule has 0 radical (unpaired) electrons. The maximum absolute atomic E-state index is 5.93. The van der Waals surface area contributed by atoms with E-state index in [1.165, 1.54) is 5.56 Å².